The van der Waals surface area contributed by atoms with E-state index < -0.39 is 0 Å². The molecular weight excluding hydrogens is 168 g/mol. The molecule has 0 aliphatic heterocycles. The van der Waals surface area contributed by atoms with Crippen LogP contribution in [0.25, 0.3) is 5.57 Å². The Hall–Kier alpha value is -1.04. The van der Waals surface area contributed by atoms with Crippen molar-refractivity contribution in [2.75, 3.05) is 0 Å². The molecule has 0 aromatic heterocycles. The summed E-state index contributed by atoms with van der Waals surface area (Å²) in [5.74, 6) is 0. The standard InChI is InChI=1S/C14H20/c1-5-11(4)14-10-12(6-2)8-9-13(14)7-3/h8-10H,4-7H2,1-3H3. The summed E-state index contributed by atoms with van der Waals surface area (Å²) in [5, 5.41) is 0. The molecule has 0 bridgehead atoms. The second kappa shape index (κ2) is 4.99. The van der Waals surface area contributed by atoms with Crippen molar-refractivity contribution in [2.45, 2.75) is 40.0 Å². The molecule has 0 aliphatic rings. The van der Waals surface area contributed by atoms with Crippen LogP contribution in [-0.2, 0) is 12.8 Å². The molecule has 0 heteroatoms. The molecule has 0 unspecified atom stereocenters. The van der Waals surface area contributed by atoms with Crippen molar-refractivity contribution in [2.24, 2.45) is 0 Å². The zero-order valence-corrected chi connectivity index (χ0v) is 9.56. The second-order valence-electron chi connectivity index (χ2n) is 3.66. The van der Waals surface area contributed by atoms with Gasteiger partial charge in [-0.15, -0.1) is 0 Å². The summed E-state index contributed by atoms with van der Waals surface area (Å²) < 4.78 is 0. The highest BCUT2D eigenvalue weighted by Gasteiger charge is 2.03. The van der Waals surface area contributed by atoms with Crippen LogP contribution >= 0.6 is 0 Å². The van der Waals surface area contributed by atoms with Crippen molar-refractivity contribution in [1.29, 1.82) is 0 Å². The second-order valence-corrected chi connectivity index (χ2v) is 3.66. The first kappa shape index (κ1) is 11.0. The van der Waals surface area contributed by atoms with Gasteiger partial charge in [0.2, 0.25) is 0 Å². The molecule has 1 aromatic rings. The van der Waals surface area contributed by atoms with E-state index in [4.69, 9.17) is 0 Å². The van der Waals surface area contributed by atoms with E-state index in [1.807, 2.05) is 0 Å². The number of rotatable bonds is 4. The minimum atomic E-state index is 1.04. The maximum Gasteiger partial charge on any atom is -0.0196 e. The molecule has 1 rings (SSSR count). The number of allylic oxidation sites excluding steroid dienone is 1. The summed E-state index contributed by atoms with van der Waals surface area (Å²) in [6.07, 6.45) is 3.24. The molecule has 0 saturated heterocycles. The Balaban J connectivity index is 3.14. The molecule has 76 valence electrons. The van der Waals surface area contributed by atoms with E-state index in [9.17, 15) is 0 Å². The van der Waals surface area contributed by atoms with Crippen molar-refractivity contribution in [3.8, 4) is 0 Å². The zero-order valence-electron chi connectivity index (χ0n) is 9.56. The average Bonchev–Trinajstić information content (AvgIpc) is 2.27. The van der Waals surface area contributed by atoms with Gasteiger partial charge in [-0.2, -0.15) is 0 Å². The van der Waals surface area contributed by atoms with E-state index in [0.29, 0.717) is 0 Å². The van der Waals surface area contributed by atoms with Crippen LogP contribution in [-0.4, -0.2) is 0 Å². The summed E-state index contributed by atoms with van der Waals surface area (Å²) in [7, 11) is 0. The van der Waals surface area contributed by atoms with Gasteiger partial charge in [-0.1, -0.05) is 45.5 Å². The topological polar surface area (TPSA) is 0 Å². The van der Waals surface area contributed by atoms with Crippen LogP contribution in [0.15, 0.2) is 24.8 Å². The summed E-state index contributed by atoms with van der Waals surface area (Å²) >= 11 is 0. The normalized spacial score (nSPS) is 10.2. The Morgan fingerprint density at radius 2 is 1.86 bits per heavy atom. The first-order valence-electron chi connectivity index (χ1n) is 5.52. The molecule has 0 radical (unpaired) electrons. The monoisotopic (exact) mass is 188 g/mol. The lowest BCUT2D eigenvalue weighted by Gasteiger charge is -2.11. The molecule has 0 heterocycles. The summed E-state index contributed by atoms with van der Waals surface area (Å²) in [6, 6.07) is 6.77. The van der Waals surface area contributed by atoms with E-state index in [0.717, 1.165) is 19.3 Å². The largest absolute Gasteiger partial charge is 0.0952 e. The minimum Gasteiger partial charge on any atom is -0.0952 e. The van der Waals surface area contributed by atoms with Gasteiger partial charge >= 0.3 is 0 Å². The lowest BCUT2D eigenvalue weighted by atomic mass is 9.95. The van der Waals surface area contributed by atoms with Gasteiger partial charge in [-0.05, 0) is 41.5 Å². The fourth-order valence-corrected chi connectivity index (χ4v) is 1.67. The average molecular weight is 188 g/mol. The molecule has 0 amide bonds. The van der Waals surface area contributed by atoms with Crippen LogP contribution in [0.2, 0.25) is 0 Å². The molecule has 0 aliphatic carbocycles. The predicted molar refractivity (Wildman–Crippen MR) is 64.5 cm³/mol. The smallest absolute Gasteiger partial charge is 0.0196 e. The molecule has 1 aromatic carbocycles. The zero-order chi connectivity index (χ0) is 10.6. The third-order valence-corrected chi connectivity index (χ3v) is 2.77. The van der Waals surface area contributed by atoms with Crippen LogP contribution in [0.5, 0.6) is 0 Å². The van der Waals surface area contributed by atoms with Crippen molar-refractivity contribution < 1.29 is 0 Å². The van der Waals surface area contributed by atoms with Gasteiger partial charge in [0.05, 0.1) is 0 Å². The number of aryl methyl sites for hydroxylation is 2. The first-order valence-corrected chi connectivity index (χ1v) is 5.52. The molecule has 0 spiro atoms. The Morgan fingerprint density at radius 3 is 2.36 bits per heavy atom. The SMILES string of the molecule is C=C(CC)c1cc(CC)ccc1CC. The molecule has 0 N–H and O–H groups in total. The van der Waals surface area contributed by atoms with Crippen LogP contribution in [0.1, 0.15) is 43.9 Å². The quantitative estimate of drug-likeness (QED) is 0.663. The summed E-state index contributed by atoms with van der Waals surface area (Å²) in [6.45, 7) is 10.7. The lowest BCUT2D eigenvalue weighted by Crippen LogP contribution is -1.93. The molecule has 14 heavy (non-hydrogen) atoms. The van der Waals surface area contributed by atoms with Crippen molar-refractivity contribution in [3.63, 3.8) is 0 Å². The summed E-state index contributed by atoms with van der Waals surface area (Å²) in [5.41, 5.74) is 5.47. The number of hydrogen-bond donors (Lipinski definition) is 0. The van der Waals surface area contributed by atoms with Gasteiger partial charge in [-0.3, -0.25) is 0 Å². The molecule has 0 atom stereocenters. The van der Waals surface area contributed by atoms with E-state index in [-0.39, 0.29) is 0 Å². The van der Waals surface area contributed by atoms with Gasteiger partial charge in [0.15, 0.2) is 0 Å². The van der Waals surface area contributed by atoms with E-state index >= 15 is 0 Å². The minimum absolute atomic E-state index is 1.04. The van der Waals surface area contributed by atoms with Gasteiger partial charge in [0.1, 0.15) is 0 Å². The van der Waals surface area contributed by atoms with E-state index in [2.05, 4.69) is 45.5 Å². The maximum absolute atomic E-state index is 4.13. The Bertz CT molecular complexity index is 321. The fourth-order valence-electron chi connectivity index (χ4n) is 1.67. The van der Waals surface area contributed by atoms with Gasteiger partial charge in [-0.25, -0.2) is 0 Å². The fraction of sp³-hybridized carbons (Fsp3) is 0.429. The Morgan fingerprint density at radius 1 is 1.14 bits per heavy atom. The number of benzene rings is 1. The Labute approximate surface area is 87.7 Å². The molecule has 0 fully saturated rings. The third kappa shape index (κ3) is 2.25. The van der Waals surface area contributed by atoms with Crippen LogP contribution in [0.4, 0.5) is 0 Å². The molecule has 0 nitrogen and oxygen atoms in total. The third-order valence-electron chi connectivity index (χ3n) is 2.77. The van der Waals surface area contributed by atoms with Gasteiger partial charge < -0.3 is 0 Å². The van der Waals surface area contributed by atoms with Crippen LogP contribution in [0.3, 0.4) is 0 Å². The van der Waals surface area contributed by atoms with Crippen LogP contribution in [0, 0.1) is 0 Å². The van der Waals surface area contributed by atoms with Gasteiger partial charge in [0.25, 0.3) is 0 Å². The molecule has 0 saturated carbocycles. The lowest BCUT2D eigenvalue weighted by molar-refractivity contribution is 1.08. The van der Waals surface area contributed by atoms with Crippen molar-refractivity contribution >= 4 is 5.57 Å². The van der Waals surface area contributed by atoms with E-state index in [1.165, 1.54) is 22.3 Å². The summed E-state index contributed by atoms with van der Waals surface area (Å²) in [4.78, 5) is 0. The predicted octanol–water partition coefficient (Wildman–Crippen LogP) is 4.23. The van der Waals surface area contributed by atoms with E-state index in [1.54, 1.807) is 0 Å². The number of hydrogen-bond acceptors (Lipinski definition) is 0. The van der Waals surface area contributed by atoms with Crippen molar-refractivity contribution in [3.05, 3.63) is 41.5 Å². The van der Waals surface area contributed by atoms with Crippen molar-refractivity contribution in [1.82, 2.24) is 0 Å². The Kier molecular flexibility index (Phi) is 3.94. The first-order chi connectivity index (χ1) is 6.72. The maximum atomic E-state index is 4.13. The highest BCUT2D eigenvalue weighted by atomic mass is 14.1. The highest BCUT2D eigenvalue weighted by Crippen LogP contribution is 2.22. The van der Waals surface area contributed by atoms with Crippen LogP contribution < -0.4 is 0 Å². The highest BCUT2D eigenvalue weighted by molar-refractivity contribution is 5.66. The molecular formula is C14H20. The van der Waals surface area contributed by atoms with Gasteiger partial charge in [0, 0.05) is 0 Å².